The van der Waals surface area contributed by atoms with Gasteiger partial charge in [-0.25, -0.2) is 4.39 Å². The smallest absolute Gasteiger partial charge is 0.245 e. The molecule has 4 atom stereocenters. The molecule has 0 bridgehead atoms. The van der Waals surface area contributed by atoms with Crippen molar-refractivity contribution in [2.24, 2.45) is 5.92 Å². The first-order valence-electron chi connectivity index (χ1n) is 9.00. The number of aliphatic hydroxyl groups excluding tert-OH is 1. The van der Waals surface area contributed by atoms with E-state index in [2.05, 4.69) is 10.6 Å². The largest absolute Gasteiger partial charge is 0.391 e. The summed E-state index contributed by atoms with van der Waals surface area (Å²) in [6.45, 7) is 1.50. The van der Waals surface area contributed by atoms with E-state index in [0.717, 1.165) is 37.7 Å². The fraction of sp³-hybridized carbons (Fsp3) is 0.579. The van der Waals surface area contributed by atoms with Crippen LogP contribution in [0.25, 0.3) is 0 Å². The Morgan fingerprint density at radius 1 is 1.16 bits per heavy atom. The maximum atomic E-state index is 13.1. The number of hydrogen-bond acceptors (Lipinski definition) is 3. The SMILES string of the molecule is C[C@H](O)[C@H](NC(=O)C1CC1)C(=O)N[C@H]1CCC[C@@H]1c1ccc(F)cc1. The number of benzene rings is 1. The molecule has 0 unspecified atom stereocenters. The molecular formula is C19H25FN2O3. The van der Waals surface area contributed by atoms with Gasteiger partial charge in [0.25, 0.3) is 0 Å². The zero-order chi connectivity index (χ0) is 18.0. The van der Waals surface area contributed by atoms with Crippen molar-refractivity contribution in [3.05, 3.63) is 35.6 Å². The van der Waals surface area contributed by atoms with Crippen LogP contribution in [-0.2, 0) is 9.59 Å². The van der Waals surface area contributed by atoms with Crippen LogP contribution in [0.5, 0.6) is 0 Å². The summed E-state index contributed by atoms with van der Waals surface area (Å²) in [5.74, 6) is -0.698. The van der Waals surface area contributed by atoms with Gasteiger partial charge in [-0.05, 0) is 50.3 Å². The lowest BCUT2D eigenvalue weighted by atomic mass is 9.93. The van der Waals surface area contributed by atoms with E-state index >= 15 is 0 Å². The number of hydrogen-bond donors (Lipinski definition) is 3. The van der Waals surface area contributed by atoms with Crippen molar-refractivity contribution in [3.63, 3.8) is 0 Å². The van der Waals surface area contributed by atoms with E-state index in [1.807, 2.05) is 0 Å². The fourth-order valence-corrected chi connectivity index (χ4v) is 3.54. The first-order valence-corrected chi connectivity index (χ1v) is 9.00. The van der Waals surface area contributed by atoms with Crippen LogP contribution in [0, 0.1) is 11.7 Å². The van der Waals surface area contributed by atoms with Crippen molar-refractivity contribution < 1.29 is 19.1 Å². The van der Waals surface area contributed by atoms with Gasteiger partial charge >= 0.3 is 0 Å². The third-order valence-electron chi connectivity index (χ3n) is 5.15. The lowest BCUT2D eigenvalue weighted by Crippen LogP contribution is -2.55. The van der Waals surface area contributed by atoms with Gasteiger partial charge in [0.2, 0.25) is 11.8 Å². The summed E-state index contributed by atoms with van der Waals surface area (Å²) in [5, 5.41) is 15.5. The van der Waals surface area contributed by atoms with Crippen LogP contribution >= 0.6 is 0 Å². The van der Waals surface area contributed by atoms with Gasteiger partial charge in [0.15, 0.2) is 0 Å². The molecule has 3 N–H and O–H groups in total. The molecule has 5 nitrogen and oxygen atoms in total. The highest BCUT2D eigenvalue weighted by molar-refractivity contribution is 5.90. The van der Waals surface area contributed by atoms with Crippen molar-refractivity contribution in [1.29, 1.82) is 0 Å². The van der Waals surface area contributed by atoms with Gasteiger partial charge in [0.1, 0.15) is 11.9 Å². The van der Waals surface area contributed by atoms with E-state index in [9.17, 15) is 19.1 Å². The molecule has 2 aliphatic rings. The van der Waals surface area contributed by atoms with Crippen LogP contribution in [0.2, 0.25) is 0 Å². The molecule has 0 aliphatic heterocycles. The van der Waals surface area contributed by atoms with E-state index in [0.29, 0.717) is 0 Å². The number of amides is 2. The van der Waals surface area contributed by atoms with Crippen LogP contribution in [0.4, 0.5) is 4.39 Å². The zero-order valence-electron chi connectivity index (χ0n) is 14.4. The van der Waals surface area contributed by atoms with Crippen molar-refractivity contribution >= 4 is 11.8 Å². The number of aliphatic hydroxyl groups is 1. The van der Waals surface area contributed by atoms with Gasteiger partial charge in [-0.15, -0.1) is 0 Å². The Morgan fingerprint density at radius 2 is 1.84 bits per heavy atom. The van der Waals surface area contributed by atoms with Gasteiger partial charge < -0.3 is 15.7 Å². The second kappa shape index (κ2) is 7.52. The molecule has 3 rings (SSSR count). The summed E-state index contributed by atoms with van der Waals surface area (Å²) < 4.78 is 13.1. The first kappa shape index (κ1) is 17.9. The van der Waals surface area contributed by atoms with E-state index in [4.69, 9.17) is 0 Å². The number of carbonyl (C=O) groups is 2. The second-order valence-electron chi connectivity index (χ2n) is 7.21. The molecule has 1 aromatic rings. The molecule has 2 amide bonds. The molecule has 2 saturated carbocycles. The van der Waals surface area contributed by atoms with Crippen LogP contribution in [0.1, 0.15) is 50.5 Å². The summed E-state index contributed by atoms with van der Waals surface area (Å²) in [4.78, 5) is 24.5. The van der Waals surface area contributed by atoms with Gasteiger partial charge in [-0.3, -0.25) is 9.59 Å². The highest BCUT2D eigenvalue weighted by Gasteiger charge is 2.36. The van der Waals surface area contributed by atoms with Crippen molar-refractivity contribution in [1.82, 2.24) is 10.6 Å². The number of nitrogens with one attached hydrogen (secondary N) is 2. The third-order valence-corrected chi connectivity index (χ3v) is 5.15. The van der Waals surface area contributed by atoms with Crippen LogP contribution in [-0.4, -0.2) is 35.1 Å². The number of rotatable bonds is 6. The minimum Gasteiger partial charge on any atom is -0.391 e. The summed E-state index contributed by atoms with van der Waals surface area (Å²) in [7, 11) is 0. The quantitative estimate of drug-likeness (QED) is 0.734. The Kier molecular flexibility index (Phi) is 5.37. The van der Waals surface area contributed by atoms with Crippen molar-refractivity contribution in [2.45, 2.75) is 63.1 Å². The lowest BCUT2D eigenvalue weighted by Gasteiger charge is -2.26. The Balaban J connectivity index is 1.64. The van der Waals surface area contributed by atoms with Gasteiger partial charge in [-0.2, -0.15) is 0 Å². The maximum absolute atomic E-state index is 13.1. The molecular weight excluding hydrogens is 323 g/mol. The Hall–Kier alpha value is -1.95. The van der Waals surface area contributed by atoms with E-state index in [1.54, 1.807) is 12.1 Å². The van der Waals surface area contributed by atoms with E-state index in [-0.39, 0.29) is 35.5 Å². The molecule has 0 heterocycles. The lowest BCUT2D eigenvalue weighted by molar-refractivity contribution is -0.132. The molecule has 136 valence electrons. The predicted molar refractivity (Wildman–Crippen MR) is 91.3 cm³/mol. The molecule has 2 aliphatic carbocycles. The Bertz CT molecular complexity index is 628. The molecule has 6 heteroatoms. The van der Waals surface area contributed by atoms with Crippen molar-refractivity contribution in [3.8, 4) is 0 Å². The maximum Gasteiger partial charge on any atom is 0.245 e. The highest BCUT2D eigenvalue weighted by Crippen LogP contribution is 2.35. The molecule has 0 radical (unpaired) electrons. The van der Waals surface area contributed by atoms with E-state index < -0.39 is 12.1 Å². The molecule has 25 heavy (non-hydrogen) atoms. The molecule has 0 spiro atoms. The Labute approximate surface area is 147 Å². The highest BCUT2D eigenvalue weighted by atomic mass is 19.1. The Morgan fingerprint density at radius 3 is 2.44 bits per heavy atom. The number of halogens is 1. The fourth-order valence-electron chi connectivity index (χ4n) is 3.54. The minimum atomic E-state index is -0.964. The topological polar surface area (TPSA) is 78.4 Å². The van der Waals surface area contributed by atoms with Crippen LogP contribution in [0.3, 0.4) is 0 Å². The summed E-state index contributed by atoms with van der Waals surface area (Å²) in [6, 6.07) is 5.36. The summed E-state index contributed by atoms with van der Waals surface area (Å²) in [5.41, 5.74) is 1.000. The molecule has 0 saturated heterocycles. The van der Waals surface area contributed by atoms with Gasteiger partial charge in [0.05, 0.1) is 6.10 Å². The summed E-state index contributed by atoms with van der Waals surface area (Å²) >= 11 is 0. The van der Waals surface area contributed by atoms with Crippen molar-refractivity contribution in [2.75, 3.05) is 0 Å². The van der Waals surface area contributed by atoms with Gasteiger partial charge in [0, 0.05) is 17.9 Å². The predicted octanol–water partition coefficient (Wildman–Crippen LogP) is 1.85. The molecule has 2 fully saturated rings. The average molecular weight is 348 g/mol. The average Bonchev–Trinajstić information content (AvgIpc) is 3.33. The first-order chi connectivity index (χ1) is 12.0. The third kappa shape index (κ3) is 4.37. The minimum absolute atomic E-state index is 0.0208. The van der Waals surface area contributed by atoms with E-state index in [1.165, 1.54) is 19.1 Å². The number of carbonyl (C=O) groups excluding carboxylic acids is 2. The molecule has 1 aromatic carbocycles. The second-order valence-corrected chi connectivity index (χ2v) is 7.21. The monoisotopic (exact) mass is 348 g/mol. The zero-order valence-corrected chi connectivity index (χ0v) is 14.4. The van der Waals surface area contributed by atoms with Gasteiger partial charge in [-0.1, -0.05) is 18.6 Å². The normalized spacial score (nSPS) is 25.2. The summed E-state index contributed by atoms with van der Waals surface area (Å²) in [6.07, 6.45) is 3.44. The van der Waals surface area contributed by atoms with Crippen LogP contribution in [0.15, 0.2) is 24.3 Å². The standard InChI is InChI=1S/C19H25FN2O3/c1-11(23)17(22-18(24)13-5-6-13)19(25)21-16-4-2-3-15(16)12-7-9-14(20)10-8-12/h7-11,13,15-17,23H,2-6H2,1H3,(H,21,25)(H,22,24)/t11-,15+,16-,17-/m0/s1. The van der Waals surface area contributed by atoms with Crippen LogP contribution < -0.4 is 10.6 Å². The molecule has 0 aromatic heterocycles.